The van der Waals surface area contributed by atoms with Gasteiger partial charge in [0.25, 0.3) is 5.91 Å². The van der Waals surface area contributed by atoms with Gasteiger partial charge in [-0.05, 0) is 32.0 Å². The fourth-order valence-corrected chi connectivity index (χ4v) is 3.77. The SMILES string of the molecule is CCn1cc(C(=O)NC(C)C(=O)Nc2ccc3c(c2)OCO3)c(=O)c2cc3c(cc21)OCO3. The zero-order valence-corrected chi connectivity index (χ0v) is 18.0. The highest BCUT2D eigenvalue weighted by Crippen LogP contribution is 2.35. The van der Waals surface area contributed by atoms with Crippen LogP contribution in [0.15, 0.2) is 41.3 Å². The number of fused-ring (bicyclic) bond motifs is 3. The zero-order valence-electron chi connectivity index (χ0n) is 18.0. The predicted octanol–water partition coefficient (Wildman–Crippen LogP) is 2.24. The number of nitrogens with zero attached hydrogens (tertiary/aromatic N) is 1. The van der Waals surface area contributed by atoms with Crippen LogP contribution in [0, 0.1) is 0 Å². The lowest BCUT2D eigenvalue weighted by Gasteiger charge is -2.16. The Kier molecular flexibility index (Phi) is 5.04. The summed E-state index contributed by atoms with van der Waals surface area (Å²) in [6.07, 6.45) is 1.49. The molecule has 2 N–H and O–H groups in total. The molecule has 2 aromatic carbocycles. The van der Waals surface area contributed by atoms with Crippen LogP contribution in [0.2, 0.25) is 0 Å². The fourth-order valence-electron chi connectivity index (χ4n) is 3.77. The summed E-state index contributed by atoms with van der Waals surface area (Å²) in [6, 6.07) is 7.42. The summed E-state index contributed by atoms with van der Waals surface area (Å²) in [6.45, 7) is 4.17. The Bertz CT molecular complexity index is 1350. The molecular weight excluding hydrogens is 430 g/mol. The summed E-state index contributed by atoms with van der Waals surface area (Å²) in [5.41, 5.74) is 0.622. The fraction of sp³-hybridized carbons (Fsp3) is 0.261. The number of amides is 2. The van der Waals surface area contributed by atoms with Gasteiger partial charge < -0.3 is 34.1 Å². The Morgan fingerprint density at radius 2 is 1.67 bits per heavy atom. The lowest BCUT2D eigenvalue weighted by atomic mass is 10.1. The lowest BCUT2D eigenvalue weighted by Crippen LogP contribution is -2.43. The van der Waals surface area contributed by atoms with E-state index in [2.05, 4.69) is 10.6 Å². The van der Waals surface area contributed by atoms with Crippen LogP contribution in [0.25, 0.3) is 10.9 Å². The molecule has 3 heterocycles. The Balaban J connectivity index is 1.37. The number of hydrogen-bond donors (Lipinski definition) is 2. The quantitative estimate of drug-likeness (QED) is 0.611. The van der Waals surface area contributed by atoms with Crippen molar-refractivity contribution in [1.29, 1.82) is 0 Å². The highest BCUT2D eigenvalue weighted by Gasteiger charge is 2.23. The normalized spacial score (nSPS) is 14.2. The van der Waals surface area contributed by atoms with Gasteiger partial charge in [0.2, 0.25) is 24.9 Å². The molecule has 10 nitrogen and oxygen atoms in total. The number of benzene rings is 2. The highest BCUT2D eigenvalue weighted by molar-refractivity contribution is 6.02. The van der Waals surface area contributed by atoms with Crippen LogP contribution in [-0.4, -0.2) is 36.0 Å². The number of aryl methyl sites for hydroxylation is 1. The van der Waals surface area contributed by atoms with E-state index in [9.17, 15) is 14.4 Å². The van der Waals surface area contributed by atoms with Crippen molar-refractivity contribution in [3.63, 3.8) is 0 Å². The molecule has 0 saturated carbocycles. The van der Waals surface area contributed by atoms with E-state index in [0.717, 1.165) is 0 Å². The standard InChI is InChI=1S/C23H21N3O7/c1-3-26-9-15(21(27)14-7-19-20(8-16(14)26)33-11-32-19)23(29)24-12(2)22(28)25-13-4-5-17-18(6-13)31-10-30-17/h4-9,12H,3,10-11H2,1-2H3,(H,24,29)(H,25,28). The monoisotopic (exact) mass is 451 g/mol. The van der Waals surface area contributed by atoms with Crippen molar-refractivity contribution in [1.82, 2.24) is 9.88 Å². The van der Waals surface area contributed by atoms with E-state index in [1.54, 1.807) is 34.9 Å². The minimum atomic E-state index is -0.898. The molecule has 2 aliphatic heterocycles. The first-order valence-corrected chi connectivity index (χ1v) is 10.4. The Hall–Kier alpha value is -4.21. The van der Waals surface area contributed by atoms with Crippen molar-refractivity contribution in [3.8, 4) is 23.0 Å². The second kappa shape index (κ2) is 8.05. The molecule has 1 atom stereocenters. The van der Waals surface area contributed by atoms with Crippen LogP contribution in [-0.2, 0) is 11.3 Å². The van der Waals surface area contributed by atoms with Gasteiger partial charge in [-0.15, -0.1) is 0 Å². The van der Waals surface area contributed by atoms with Crippen LogP contribution in [0.3, 0.4) is 0 Å². The average Bonchev–Trinajstić information content (AvgIpc) is 3.46. The van der Waals surface area contributed by atoms with Gasteiger partial charge in [-0.2, -0.15) is 0 Å². The van der Waals surface area contributed by atoms with Gasteiger partial charge in [0, 0.05) is 30.6 Å². The van der Waals surface area contributed by atoms with Crippen molar-refractivity contribution in [2.75, 3.05) is 18.9 Å². The third-order valence-electron chi connectivity index (χ3n) is 5.54. The molecule has 0 spiro atoms. The number of pyridine rings is 1. The van der Waals surface area contributed by atoms with Crippen molar-refractivity contribution in [2.24, 2.45) is 0 Å². The maximum absolute atomic E-state index is 13.1. The van der Waals surface area contributed by atoms with Gasteiger partial charge in [-0.1, -0.05) is 0 Å². The van der Waals surface area contributed by atoms with E-state index in [1.807, 2.05) is 6.92 Å². The van der Waals surface area contributed by atoms with Crippen LogP contribution in [0.5, 0.6) is 23.0 Å². The maximum atomic E-state index is 13.1. The summed E-state index contributed by atoms with van der Waals surface area (Å²) >= 11 is 0. The first-order valence-electron chi connectivity index (χ1n) is 10.4. The van der Waals surface area contributed by atoms with E-state index in [0.29, 0.717) is 46.1 Å². The lowest BCUT2D eigenvalue weighted by molar-refractivity contribution is -0.117. The zero-order chi connectivity index (χ0) is 23.1. The smallest absolute Gasteiger partial charge is 0.257 e. The summed E-state index contributed by atoms with van der Waals surface area (Å²) in [7, 11) is 0. The minimum absolute atomic E-state index is 0.0639. The highest BCUT2D eigenvalue weighted by atomic mass is 16.7. The number of aromatic nitrogens is 1. The molecule has 5 rings (SSSR count). The predicted molar refractivity (Wildman–Crippen MR) is 118 cm³/mol. The number of carbonyl (C=O) groups is 2. The number of nitrogens with one attached hydrogen (secondary N) is 2. The molecule has 1 unspecified atom stereocenters. The number of rotatable bonds is 5. The van der Waals surface area contributed by atoms with Gasteiger partial charge in [-0.3, -0.25) is 14.4 Å². The number of carbonyl (C=O) groups excluding carboxylic acids is 2. The second-order valence-corrected chi connectivity index (χ2v) is 7.63. The first-order chi connectivity index (χ1) is 15.9. The molecule has 1 aromatic heterocycles. The van der Waals surface area contributed by atoms with Gasteiger partial charge in [-0.25, -0.2) is 0 Å². The van der Waals surface area contributed by atoms with Crippen molar-refractivity contribution >= 4 is 28.4 Å². The molecule has 10 heteroatoms. The number of hydrogen-bond acceptors (Lipinski definition) is 7. The number of ether oxygens (including phenoxy) is 4. The van der Waals surface area contributed by atoms with E-state index in [1.165, 1.54) is 13.1 Å². The van der Waals surface area contributed by atoms with Crippen molar-refractivity contribution in [2.45, 2.75) is 26.4 Å². The Labute approximate surface area is 188 Å². The summed E-state index contributed by atoms with van der Waals surface area (Å²) < 4.78 is 23.1. The third-order valence-corrected chi connectivity index (χ3v) is 5.54. The summed E-state index contributed by atoms with van der Waals surface area (Å²) in [4.78, 5) is 38.6. The largest absolute Gasteiger partial charge is 0.454 e. The molecule has 170 valence electrons. The van der Waals surface area contributed by atoms with Crippen LogP contribution < -0.4 is 35.0 Å². The minimum Gasteiger partial charge on any atom is -0.454 e. The van der Waals surface area contributed by atoms with Gasteiger partial charge in [0.15, 0.2) is 23.0 Å². The third kappa shape index (κ3) is 3.69. The molecule has 2 aliphatic rings. The van der Waals surface area contributed by atoms with E-state index in [4.69, 9.17) is 18.9 Å². The molecule has 0 saturated heterocycles. The molecule has 0 aliphatic carbocycles. The maximum Gasteiger partial charge on any atom is 0.257 e. The summed E-state index contributed by atoms with van der Waals surface area (Å²) in [5.74, 6) is 1.05. The summed E-state index contributed by atoms with van der Waals surface area (Å²) in [5, 5.41) is 5.66. The molecule has 3 aromatic rings. The van der Waals surface area contributed by atoms with Crippen molar-refractivity contribution in [3.05, 3.63) is 52.3 Å². The van der Waals surface area contributed by atoms with Crippen molar-refractivity contribution < 1.29 is 28.5 Å². The molecular formula is C23H21N3O7. The van der Waals surface area contributed by atoms with Gasteiger partial charge >= 0.3 is 0 Å². The van der Waals surface area contributed by atoms with Gasteiger partial charge in [0.1, 0.15) is 11.6 Å². The number of anilines is 1. The van der Waals surface area contributed by atoms with Crippen LogP contribution in [0.1, 0.15) is 24.2 Å². The van der Waals surface area contributed by atoms with Gasteiger partial charge in [0.05, 0.1) is 10.9 Å². The molecule has 0 fully saturated rings. The van der Waals surface area contributed by atoms with Crippen LogP contribution >= 0.6 is 0 Å². The molecule has 0 radical (unpaired) electrons. The van der Waals surface area contributed by atoms with E-state index < -0.39 is 23.3 Å². The molecule has 0 bridgehead atoms. The second-order valence-electron chi connectivity index (χ2n) is 7.63. The molecule has 33 heavy (non-hydrogen) atoms. The molecule has 2 amide bonds. The van der Waals surface area contributed by atoms with Crippen LogP contribution in [0.4, 0.5) is 5.69 Å². The Morgan fingerprint density at radius 1 is 1.00 bits per heavy atom. The average molecular weight is 451 g/mol. The first kappa shape index (κ1) is 20.7. The van der Waals surface area contributed by atoms with E-state index in [-0.39, 0.29) is 19.1 Å². The van der Waals surface area contributed by atoms with E-state index >= 15 is 0 Å². The Morgan fingerprint density at radius 3 is 2.39 bits per heavy atom. The topological polar surface area (TPSA) is 117 Å².